The number of anilines is 1. The van der Waals surface area contributed by atoms with E-state index in [-0.39, 0.29) is 11.7 Å². The highest BCUT2D eigenvalue weighted by molar-refractivity contribution is 7.99. The minimum Gasteiger partial charge on any atom is -0.322 e. The highest BCUT2D eigenvalue weighted by atomic mass is 32.2. The minimum absolute atomic E-state index is 0.0216. The van der Waals surface area contributed by atoms with Gasteiger partial charge in [0.25, 0.3) is 0 Å². The van der Waals surface area contributed by atoms with Crippen molar-refractivity contribution in [3.05, 3.63) is 65.6 Å². The molecule has 0 aliphatic rings. The van der Waals surface area contributed by atoms with E-state index in [1.54, 1.807) is 11.6 Å². The van der Waals surface area contributed by atoms with Crippen molar-refractivity contribution in [3.8, 4) is 5.69 Å². The summed E-state index contributed by atoms with van der Waals surface area (Å²) >= 11 is 1.06. The number of halogens is 3. The summed E-state index contributed by atoms with van der Waals surface area (Å²) < 4.78 is 39.4. The van der Waals surface area contributed by atoms with Crippen molar-refractivity contribution in [1.29, 1.82) is 0 Å². The standard InChI is InChI=1S/C19H17F3N4OS/c1-12-18(13(2)26(25-12)15-6-4-3-5-7-15)24-16(27)11-28-17-9-8-14(10-23-17)19(20,21)22/h3-10H,11H2,1-2H3,(H,24,27). The van der Waals surface area contributed by atoms with Crippen LogP contribution in [-0.2, 0) is 11.0 Å². The molecule has 28 heavy (non-hydrogen) atoms. The summed E-state index contributed by atoms with van der Waals surface area (Å²) in [5.74, 6) is -0.265. The van der Waals surface area contributed by atoms with Gasteiger partial charge in [0.1, 0.15) is 0 Å². The predicted molar refractivity (Wildman–Crippen MR) is 102 cm³/mol. The fraction of sp³-hybridized carbons (Fsp3) is 0.211. The first-order valence-electron chi connectivity index (χ1n) is 8.33. The summed E-state index contributed by atoms with van der Waals surface area (Å²) in [5.41, 5.74) is 2.14. The number of para-hydroxylation sites is 1. The molecule has 1 aromatic carbocycles. The second-order valence-electron chi connectivity index (χ2n) is 6.01. The normalized spacial score (nSPS) is 11.5. The number of hydrogen-bond acceptors (Lipinski definition) is 4. The SMILES string of the molecule is Cc1nn(-c2ccccc2)c(C)c1NC(=O)CSc1ccc(C(F)(F)F)cn1. The van der Waals surface area contributed by atoms with Gasteiger partial charge in [-0.1, -0.05) is 30.0 Å². The predicted octanol–water partition coefficient (Wildman–Crippen LogP) is 4.63. The van der Waals surface area contributed by atoms with E-state index >= 15 is 0 Å². The van der Waals surface area contributed by atoms with E-state index in [1.807, 2.05) is 37.3 Å². The highest BCUT2D eigenvalue weighted by Crippen LogP contribution is 2.29. The Balaban J connectivity index is 1.65. The lowest BCUT2D eigenvalue weighted by Gasteiger charge is -2.08. The fourth-order valence-corrected chi connectivity index (χ4v) is 3.24. The molecule has 2 aromatic heterocycles. The van der Waals surface area contributed by atoms with Gasteiger partial charge in [0.15, 0.2) is 0 Å². The van der Waals surface area contributed by atoms with Crippen molar-refractivity contribution in [1.82, 2.24) is 14.8 Å². The Labute approximate surface area is 164 Å². The molecule has 0 unspecified atom stereocenters. The lowest BCUT2D eigenvalue weighted by atomic mass is 10.3. The number of carbonyl (C=O) groups excluding carboxylic acids is 1. The zero-order valence-corrected chi connectivity index (χ0v) is 15.9. The molecule has 0 bridgehead atoms. The molecule has 0 saturated carbocycles. The zero-order valence-electron chi connectivity index (χ0n) is 15.1. The molecule has 0 aliphatic heterocycles. The number of thioether (sulfide) groups is 1. The number of nitrogens with one attached hydrogen (secondary N) is 1. The molecule has 1 N–H and O–H groups in total. The van der Waals surface area contributed by atoms with Crippen molar-refractivity contribution >= 4 is 23.4 Å². The van der Waals surface area contributed by atoms with Gasteiger partial charge in [0.2, 0.25) is 5.91 Å². The van der Waals surface area contributed by atoms with Crippen LogP contribution in [0.2, 0.25) is 0 Å². The third-order valence-electron chi connectivity index (χ3n) is 3.97. The summed E-state index contributed by atoms with van der Waals surface area (Å²) in [7, 11) is 0. The second-order valence-corrected chi connectivity index (χ2v) is 7.01. The van der Waals surface area contributed by atoms with Crippen LogP contribution in [0.4, 0.5) is 18.9 Å². The number of pyridine rings is 1. The molecule has 0 fully saturated rings. The zero-order chi connectivity index (χ0) is 20.3. The first kappa shape index (κ1) is 19.9. The lowest BCUT2D eigenvalue weighted by molar-refractivity contribution is -0.137. The van der Waals surface area contributed by atoms with Crippen LogP contribution in [0.15, 0.2) is 53.7 Å². The Morgan fingerprint density at radius 3 is 2.46 bits per heavy atom. The monoisotopic (exact) mass is 406 g/mol. The molecule has 146 valence electrons. The number of aromatic nitrogens is 3. The van der Waals surface area contributed by atoms with Gasteiger partial charge < -0.3 is 5.32 Å². The molecule has 0 radical (unpaired) electrons. The molecule has 3 aromatic rings. The number of rotatable bonds is 5. The maximum absolute atomic E-state index is 12.6. The van der Waals surface area contributed by atoms with Crippen LogP contribution in [0.1, 0.15) is 17.0 Å². The van der Waals surface area contributed by atoms with Gasteiger partial charge in [-0.2, -0.15) is 18.3 Å². The Bertz CT molecular complexity index is 969. The van der Waals surface area contributed by atoms with Crippen molar-refractivity contribution in [2.75, 3.05) is 11.1 Å². The van der Waals surface area contributed by atoms with Gasteiger partial charge in [-0.25, -0.2) is 9.67 Å². The van der Waals surface area contributed by atoms with E-state index in [0.717, 1.165) is 35.4 Å². The van der Waals surface area contributed by atoms with Crippen molar-refractivity contribution in [3.63, 3.8) is 0 Å². The van der Waals surface area contributed by atoms with E-state index in [2.05, 4.69) is 15.4 Å². The number of amides is 1. The van der Waals surface area contributed by atoms with Gasteiger partial charge in [-0.3, -0.25) is 4.79 Å². The molecular formula is C19H17F3N4OS. The minimum atomic E-state index is -4.43. The fourth-order valence-electron chi connectivity index (χ4n) is 2.59. The highest BCUT2D eigenvalue weighted by Gasteiger charge is 2.30. The Kier molecular flexibility index (Phi) is 5.73. The molecule has 2 heterocycles. The van der Waals surface area contributed by atoms with Gasteiger partial charge >= 0.3 is 6.18 Å². The van der Waals surface area contributed by atoms with Crippen LogP contribution in [0.5, 0.6) is 0 Å². The van der Waals surface area contributed by atoms with Crippen LogP contribution < -0.4 is 5.32 Å². The van der Waals surface area contributed by atoms with E-state index in [1.165, 1.54) is 6.07 Å². The molecule has 1 amide bonds. The Hall–Kier alpha value is -2.81. The summed E-state index contributed by atoms with van der Waals surface area (Å²) in [6, 6.07) is 11.7. The van der Waals surface area contributed by atoms with Gasteiger partial charge in [-0.15, -0.1) is 0 Å². The van der Waals surface area contributed by atoms with Crippen LogP contribution in [0.25, 0.3) is 5.69 Å². The average molecular weight is 406 g/mol. The molecule has 0 aliphatic carbocycles. The number of benzene rings is 1. The molecule has 9 heteroatoms. The molecule has 0 saturated heterocycles. The molecule has 0 atom stereocenters. The quantitative estimate of drug-likeness (QED) is 0.628. The first-order valence-corrected chi connectivity index (χ1v) is 9.32. The van der Waals surface area contributed by atoms with E-state index in [9.17, 15) is 18.0 Å². The molecule has 5 nitrogen and oxygen atoms in total. The number of nitrogens with zero attached hydrogens (tertiary/aromatic N) is 3. The largest absolute Gasteiger partial charge is 0.417 e. The topological polar surface area (TPSA) is 59.8 Å². The van der Waals surface area contributed by atoms with Gasteiger partial charge in [-0.05, 0) is 38.1 Å². The molecular weight excluding hydrogens is 389 g/mol. The van der Waals surface area contributed by atoms with Crippen molar-refractivity contribution in [2.45, 2.75) is 25.0 Å². The molecule has 3 rings (SSSR count). The first-order chi connectivity index (χ1) is 13.3. The summed E-state index contributed by atoms with van der Waals surface area (Å²) in [6.07, 6.45) is -3.67. The third kappa shape index (κ3) is 4.53. The van der Waals surface area contributed by atoms with Gasteiger partial charge in [0, 0.05) is 6.20 Å². The van der Waals surface area contributed by atoms with Crippen molar-refractivity contribution < 1.29 is 18.0 Å². The van der Waals surface area contributed by atoms with E-state index < -0.39 is 11.7 Å². The average Bonchev–Trinajstić information content (AvgIpc) is 2.95. The lowest BCUT2D eigenvalue weighted by Crippen LogP contribution is -2.15. The second kappa shape index (κ2) is 8.05. The maximum atomic E-state index is 12.6. The Morgan fingerprint density at radius 1 is 1.14 bits per heavy atom. The summed E-state index contributed by atoms with van der Waals surface area (Å²) in [5, 5.41) is 7.63. The number of aryl methyl sites for hydroxylation is 1. The number of alkyl halides is 3. The summed E-state index contributed by atoms with van der Waals surface area (Å²) in [4.78, 5) is 16.0. The molecule has 0 spiro atoms. The van der Waals surface area contributed by atoms with E-state index in [0.29, 0.717) is 16.4 Å². The Morgan fingerprint density at radius 2 is 1.86 bits per heavy atom. The van der Waals surface area contributed by atoms with Gasteiger partial charge in [0.05, 0.1) is 39.1 Å². The van der Waals surface area contributed by atoms with Crippen LogP contribution in [0.3, 0.4) is 0 Å². The van der Waals surface area contributed by atoms with Crippen LogP contribution in [0, 0.1) is 13.8 Å². The van der Waals surface area contributed by atoms with Crippen molar-refractivity contribution in [2.24, 2.45) is 0 Å². The third-order valence-corrected chi connectivity index (χ3v) is 4.92. The number of carbonyl (C=O) groups is 1. The summed E-state index contributed by atoms with van der Waals surface area (Å²) in [6.45, 7) is 3.65. The van der Waals surface area contributed by atoms with Crippen LogP contribution >= 0.6 is 11.8 Å². The smallest absolute Gasteiger partial charge is 0.322 e. The number of hydrogen-bond donors (Lipinski definition) is 1. The maximum Gasteiger partial charge on any atom is 0.417 e. The van der Waals surface area contributed by atoms with E-state index in [4.69, 9.17) is 0 Å². The van der Waals surface area contributed by atoms with Crippen LogP contribution in [-0.4, -0.2) is 26.4 Å².